The second-order valence-corrected chi connectivity index (χ2v) is 5.97. The van der Waals surface area contributed by atoms with Gasteiger partial charge in [-0.25, -0.2) is 4.39 Å². The van der Waals surface area contributed by atoms with E-state index in [2.05, 4.69) is 24.3 Å². The lowest BCUT2D eigenvalue weighted by Crippen LogP contribution is -2.04. The third kappa shape index (κ3) is 3.16. The van der Waals surface area contributed by atoms with Crippen molar-refractivity contribution in [3.8, 4) is 11.1 Å². The zero-order valence-electron chi connectivity index (χ0n) is 12.3. The van der Waals surface area contributed by atoms with Crippen molar-refractivity contribution in [1.82, 2.24) is 0 Å². The highest BCUT2D eigenvalue weighted by Gasteiger charge is 2.15. The molecule has 1 nitrogen and oxygen atoms in total. The molecule has 0 atom stereocenters. The van der Waals surface area contributed by atoms with E-state index in [0.29, 0.717) is 5.56 Å². The first-order chi connectivity index (χ1) is 10.3. The Bertz CT molecular complexity index is 597. The fourth-order valence-electron chi connectivity index (χ4n) is 3.29. The molecular weight excluding hydrogens is 261 g/mol. The van der Waals surface area contributed by atoms with Crippen LogP contribution in [0.25, 0.3) is 11.1 Å². The summed E-state index contributed by atoms with van der Waals surface area (Å²) in [6.07, 6.45) is 6.71. The molecule has 2 heteroatoms. The maximum absolute atomic E-state index is 13.5. The molecule has 0 bridgehead atoms. The summed E-state index contributed by atoms with van der Waals surface area (Å²) in [7, 11) is 0. The van der Waals surface area contributed by atoms with E-state index < -0.39 is 0 Å². The lowest BCUT2D eigenvalue weighted by Gasteiger charge is -2.22. The Hall–Kier alpha value is -1.67. The van der Waals surface area contributed by atoms with Crippen LogP contribution in [-0.2, 0) is 6.54 Å². The topological polar surface area (TPSA) is 26.0 Å². The molecule has 1 aliphatic carbocycles. The summed E-state index contributed by atoms with van der Waals surface area (Å²) in [5, 5.41) is 0. The van der Waals surface area contributed by atoms with E-state index in [1.165, 1.54) is 43.7 Å². The Kier molecular flexibility index (Phi) is 4.35. The van der Waals surface area contributed by atoms with Gasteiger partial charge >= 0.3 is 0 Å². The minimum atomic E-state index is -0.222. The highest BCUT2D eigenvalue weighted by Crippen LogP contribution is 2.33. The minimum absolute atomic E-state index is 0.222. The van der Waals surface area contributed by atoms with Crippen LogP contribution in [0.1, 0.15) is 49.1 Å². The molecule has 110 valence electrons. The molecule has 2 aromatic carbocycles. The van der Waals surface area contributed by atoms with Crippen molar-refractivity contribution in [3.05, 3.63) is 59.4 Å². The predicted molar refractivity (Wildman–Crippen MR) is 85.6 cm³/mol. The number of hydrogen-bond donors (Lipinski definition) is 1. The monoisotopic (exact) mass is 283 g/mol. The van der Waals surface area contributed by atoms with Crippen LogP contribution in [0.3, 0.4) is 0 Å². The summed E-state index contributed by atoms with van der Waals surface area (Å²) in [4.78, 5) is 0. The molecule has 0 saturated heterocycles. The smallest absolute Gasteiger partial charge is 0.127 e. The van der Waals surface area contributed by atoms with Crippen molar-refractivity contribution >= 4 is 0 Å². The predicted octanol–water partition coefficient (Wildman–Crippen LogP) is 5.00. The van der Waals surface area contributed by atoms with Crippen LogP contribution in [0, 0.1) is 5.82 Å². The Morgan fingerprint density at radius 1 is 0.905 bits per heavy atom. The molecule has 2 aromatic rings. The average molecular weight is 283 g/mol. The maximum atomic E-state index is 13.5. The van der Waals surface area contributed by atoms with E-state index in [1.54, 1.807) is 0 Å². The molecule has 2 N–H and O–H groups in total. The minimum Gasteiger partial charge on any atom is -0.326 e. The first-order valence-corrected chi connectivity index (χ1v) is 7.87. The van der Waals surface area contributed by atoms with Crippen LogP contribution in [0.2, 0.25) is 0 Å². The zero-order chi connectivity index (χ0) is 14.7. The van der Waals surface area contributed by atoms with Gasteiger partial charge in [0.15, 0.2) is 0 Å². The van der Waals surface area contributed by atoms with Gasteiger partial charge < -0.3 is 5.73 Å². The van der Waals surface area contributed by atoms with Crippen molar-refractivity contribution in [2.75, 3.05) is 0 Å². The lowest BCUT2D eigenvalue weighted by atomic mass is 9.83. The number of halogens is 1. The summed E-state index contributed by atoms with van der Waals surface area (Å²) in [5.41, 5.74) is 9.76. The summed E-state index contributed by atoms with van der Waals surface area (Å²) in [6, 6.07) is 13.9. The van der Waals surface area contributed by atoms with Gasteiger partial charge in [-0.2, -0.15) is 0 Å². The van der Waals surface area contributed by atoms with E-state index in [0.717, 1.165) is 17.0 Å². The van der Waals surface area contributed by atoms with Crippen LogP contribution >= 0.6 is 0 Å². The third-order valence-electron chi connectivity index (χ3n) is 4.59. The largest absolute Gasteiger partial charge is 0.326 e. The van der Waals surface area contributed by atoms with Crippen molar-refractivity contribution in [1.29, 1.82) is 0 Å². The second kappa shape index (κ2) is 6.40. The zero-order valence-corrected chi connectivity index (χ0v) is 12.3. The van der Waals surface area contributed by atoms with Crippen LogP contribution in [0.15, 0.2) is 42.5 Å². The van der Waals surface area contributed by atoms with Crippen LogP contribution < -0.4 is 5.73 Å². The lowest BCUT2D eigenvalue weighted by molar-refractivity contribution is 0.443. The molecule has 0 aliphatic heterocycles. The van der Waals surface area contributed by atoms with Gasteiger partial charge in [0.2, 0.25) is 0 Å². The van der Waals surface area contributed by atoms with Gasteiger partial charge in [0.05, 0.1) is 0 Å². The number of rotatable bonds is 3. The molecule has 0 heterocycles. The van der Waals surface area contributed by atoms with Gasteiger partial charge in [-0.3, -0.25) is 0 Å². The Labute approximate surface area is 126 Å². The van der Waals surface area contributed by atoms with Crippen LogP contribution in [0.4, 0.5) is 4.39 Å². The van der Waals surface area contributed by atoms with Crippen molar-refractivity contribution < 1.29 is 4.39 Å². The average Bonchev–Trinajstić information content (AvgIpc) is 2.56. The van der Waals surface area contributed by atoms with Crippen LogP contribution in [-0.4, -0.2) is 0 Å². The maximum Gasteiger partial charge on any atom is 0.127 e. The van der Waals surface area contributed by atoms with Crippen molar-refractivity contribution in [2.45, 2.75) is 44.6 Å². The molecule has 0 radical (unpaired) electrons. The van der Waals surface area contributed by atoms with Gasteiger partial charge in [0.1, 0.15) is 5.82 Å². The molecule has 0 amide bonds. The van der Waals surface area contributed by atoms with Gasteiger partial charge in [-0.1, -0.05) is 49.6 Å². The van der Waals surface area contributed by atoms with Gasteiger partial charge in [0, 0.05) is 12.1 Å². The number of benzene rings is 2. The van der Waals surface area contributed by atoms with E-state index in [-0.39, 0.29) is 12.4 Å². The standard InChI is InChI=1S/C19H22FN/c20-19-11-10-17(12-18(19)13-21)16-8-6-15(7-9-16)14-4-2-1-3-5-14/h6-12,14H,1-5,13,21H2. The second-order valence-electron chi connectivity index (χ2n) is 5.97. The quantitative estimate of drug-likeness (QED) is 0.843. The first kappa shape index (κ1) is 14.3. The summed E-state index contributed by atoms with van der Waals surface area (Å²) in [5.74, 6) is 0.501. The highest BCUT2D eigenvalue weighted by molar-refractivity contribution is 5.64. The fourth-order valence-corrected chi connectivity index (χ4v) is 3.29. The van der Waals surface area contributed by atoms with E-state index >= 15 is 0 Å². The fraction of sp³-hybridized carbons (Fsp3) is 0.368. The van der Waals surface area contributed by atoms with E-state index in [4.69, 9.17) is 5.73 Å². The SMILES string of the molecule is NCc1cc(-c2ccc(C3CCCCC3)cc2)ccc1F. The van der Waals surface area contributed by atoms with Crippen molar-refractivity contribution in [3.63, 3.8) is 0 Å². The molecule has 1 aliphatic rings. The first-order valence-electron chi connectivity index (χ1n) is 7.87. The Balaban J connectivity index is 1.83. The normalized spacial score (nSPS) is 16.1. The van der Waals surface area contributed by atoms with Gasteiger partial charge in [-0.05, 0) is 47.6 Å². The van der Waals surface area contributed by atoms with E-state index in [9.17, 15) is 4.39 Å². The summed E-state index contributed by atoms with van der Waals surface area (Å²) in [6.45, 7) is 0.236. The number of hydrogen-bond acceptors (Lipinski definition) is 1. The molecule has 0 spiro atoms. The van der Waals surface area contributed by atoms with Gasteiger partial charge in [0.25, 0.3) is 0 Å². The number of nitrogens with two attached hydrogens (primary N) is 1. The molecule has 1 fully saturated rings. The molecule has 0 aromatic heterocycles. The Morgan fingerprint density at radius 2 is 1.57 bits per heavy atom. The third-order valence-corrected chi connectivity index (χ3v) is 4.59. The molecule has 3 rings (SSSR count). The Morgan fingerprint density at radius 3 is 2.24 bits per heavy atom. The van der Waals surface area contributed by atoms with Crippen molar-refractivity contribution in [2.24, 2.45) is 5.73 Å². The van der Waals surface area contributed by atoms with Crippen LogP contribution in [0.5, 0.6) is 0 Å². The summed E-state index contributed by atoms with van der Waals surface area (Å²) < 4.78 is 13.5. The highest BCUT2D eigenvalue weighted by atomic mass is 19.1. The molecule has 1 saturated carbocycles. The van der Waals surface area contributed by atoms with Gasteiger partial charge in [-0.15, -0.1) is 0 Å². The molecular formula is C19H22FN. The molecule has 21 heavy (non-hydrogen) atoms. The molecule has 0 unspecified atom stereocenters. The van der Waals surface area contributed by atoms with E-state index in [1.807, 2.05) is 12.1 Å². The summed E-state index contributed by atoms with van der Waals surface area (Å²) >= 11 is 0.